The van der Waals surface area contributed by atoms with Crippen LogP contribution >= 0.6 is 0 Å². The summed E-state index contributed by atoms with van der Waals surface area (Å²) in [6.07, 6.45) is -0.404. The fourth-order valence-corrected chi connectivity index (χ4v) is 2.91. The van der Waals surface area contributed by atoms with E-state index in [0.29, 0.717) is 19.8 Å². The Balaban J connectivity index is 1.76. The molecule has 0 aliphatic carbocycles. The van der Waals surface area contributed by atoms with Gasteiger partial charge in [0.25, 0.3) is 0 Å². The van der Waals surface area contributed by atoms with E-state index in [1.54, 1.807) is 7.11 Å². The molecule has 1 heterocycles. The van der Waals surface area contributed by atoms with Gasteiger partial charge in [0.1, 0.15) is 5.75 Å². The van der Waals surface area contributed by atoms with Crippen molar-refractivity contribution in [2.24, 2.45) is 0 Å². The second kappa shape index (κ2) is 7.59. The maximum atomic E-state index is 9.85. The van der Waals surface area contributed by atoms with Gasteiger partial charge >= 0.3 is 0 Å². The first-order valence-electron chi connectivity index (χ1n) is 7.96. The Labute approximate surface area is 137 Å². The molecule has 0 saturated carbocycles. The zero-order valence-corrected chi connectivity index (χ0v) is 13.4. The van der Waals surface area contributed by atoms with E-state index in [2.05, 4.69) is 35.2 Å². The highest BCUT2D eigenvalue weighted by atomic mass is 16.5. The van der Waals surface area contributed by atoms with Crippen LogP contribution in [0.25, 0.3) is 11.1 Å². The van der Waals surface area contributed by atoms with Crippen LogP contribution in [0.5, 0.6) is 5.75 Å². The third kappa shape index (κ3) is 4.32. The molecule has 0 radical (unpaired) electrons. The van der Waals surface area contributed by atoms with E-state index in [0.717, 1.165) is 24.4 Å². The molecule has 4 nitrogen and oxygen atoms in total. The van der Waals surface area contributed by atoms with E-state index in [1.807, 2.05) is 18.2 Å². The lowest BCUT2D eigenvalue weighted by atomic mass is 10.0. The minimum atomic E-state index is -0.404. The van der Waals surface area contributed by atoms with E-state index in [-0.39, 0.29) is 0 Å². The molecule has 0 unspecified atom stereocenters. The summed E-state index contributed by atoms with van der Waals surface area (Å²) in [6, 6.07) is 16.6. The van der Waals surface area contributed by atoms with Crippen LogP contribution in [0, 0.1) is 0 Å². The Kier molecular flexibility index (Phi) is 5.28. The molecule has 0 spiro atoms. The molecule has 1 aliphatic rings. The maximum Gasteiger partial charge on any atom is 0.119 e. The van der Waals surface area contributed by atoms with E-state index in [1.165, 1.54) is 11.1 Å². The average molecular weight is 313 g/mol. The van der Waals surface area contributed by atoms with Crippen LogP contribution in [0.2, 0.25) is 0 Å². The number of benzene rings is 2. The lowest BCUT2D eigenvalue weighted by molar-refractivity contribution is 0.0562. The van der Waals surface area contributed by atoms with Crippen LogP contribution < -0.4 is 4.74 Å². The molecule has 1 saturated heterocycles. The fraction of sp³-hybridized carbons (Fsp3) is 0.368. The molecule has 1 aliphatic heterocycles. The van der Waals surface area contributed by atoms with Crippen molar-refractivity contribution in [1.82, 2.24) is 4.90 Å². The number of rotatable bonds is 4. The van der Waals surface area contributed by atoms with Crippen molar-refractivity contribution in [3.8, 4) is 16.9 Å². The minimum absolute atomic E-state index is 0.404. The molecule has 0 amide bonds. The molecule has 2 aromatic carbocycles. The first kappa shape index (κ1) is 16.0. The number of nitrogens with zero attached hydrogens (tertiary/aromatic N) is 1. The van der Waals surface area contributed by atoms with Crippen molar-refractivity contribution in [3.05, 3.63) is 54.1 Å². The highest BCUT2D eigenvalue weighted by molar-refractivity contribution is 5.65. The molecule has 1 N–H and O–H groups in total. The van der Waals surface area contributed by atoms with Gasteiger partial charge in [0.15, 0.2) is 0 Å². The first-order chi connectivity index (χ1) is 11.2. The number of aliphatic hydroxyl groups is 1. The second-order valence-corrected chi connectivity index (χ2v) is 5.90. The van der Waals surface area contributed by atoms with E-state index in [4.69, 9.17) is 9.47 Å². The summed E-state index contributed by atoms with van der Waals surface area (Å²) in [5.41, 5.74) is 3.55. The quantitative estimate of drug-likeness (QED) is 0.942. The summed E-state index contributed by atoms with van der Waals surface area (Å²) in [5, 5.41) is 9.85. The summed E-state index contributed by atoms with van der Waals surface area (Å²) in [4.78, 5) is 2.24. The lowest BCUT2D eigenvalue weighted by Gasteiger charge is -2.21. The fourth-order valence-electron chi connectivity index (χ4n) is 2.91. The monoisotopic (exact) mass is 313 g/mol. The smallest absolute Gasteiger partial charge is 0.119 e. The van der Waals surface area contributed by atoms with Gasteiger partial charge in [0, 0.05) is 19.6 Å². The number of methoxy groups -OCH3 is 1. The Morgan fingerprint density at radius 2 is 1.96 bits per heavy atom. The normalized spacial score (nSPS) is 19.3. The molecule has 2 aromatic rings. The minimum Gasteiger partial charge on any atom is -0.497 e. The third-order valence-electron chi connectivity index (χ3n) is 4.07. The van der Waals surface area contributed by atoms with Gasteiger partial charge in [-0.15, -0.1) is 0 Å². The lowest BCUT2D eigenvalue weighted by Crippen LogP contribution is -2.32. The number of aliphatic hydroxyl groups excluding tert-OH is 1. The molecule has 0 aromatic heterocycles. The van der Waals surface area contributed by atoms with Crippen LogP contribution in [-0.2, 0) is 11.3 Å². The predicted molar refractivity (Wildman–Crippen MR) is 90.5 cm³/mol. The Bertz CT molecular complexity index is 644. The van der Waals surface area contributed by atoms with Crippen molar-refractivity contribution in [3.63, 3.8) is 0 Å². The second-order valence-electron chi connectivity index (χ2n) is 5.90. The van der Waals surface area contributed by atoms with Crippen LogP contribution in [0.1, 0.15) is 5.56 Å². The van der Waals surface area contributed by atoms with Crippen LogP contribution in [-0.4, -0.2) is 49.5 Å². The Morgan fingerprint density at radius 3 is 2.78 bits per heavy atom. The highest BCUT2D eigenvalue weighted by Gasteiger charge is 2.16. The van der Waals surface area contributed by atoms with Gasteiger partial charge in [-0.3, -0.25) is 4.90 Å². The van der Waals surface area contributed by atoms with Crippen molar-refractivity contribution in [1.29, 1.82) is 0 Å². The Morgan fingerprint density at radius 1 is 1.17 bits per heavy atom. The molecule has 4 heteroatoms. The number of β-amino-alcohol motifs (C(OH)–C–C–N with tert-alkyl or cyclic N) is 1. The summed E-state index contributed by atoms with van der Waals surface area (Å²) in [5.74, 6) is 0.862. The van der Waals surface area contributed by atoms with E-state index >= 15 is 0 Å². The maximum absolute atomic E-state index is 9.85. The van der Waals surface area contributed by atoms with Crippen LogP contribution in [0.4, 0.5) is 0 Å². The van der Waals surface area contributed by atoms with Crippen molar-refractivity contribution in [2.45, 2.75) is 12.6 Å². The topological polar surface area (TPSA) is 41.9 Å². The predicted octanol–water partition coefficient (Wildman–Crippen LogP) is 2.56. The summed E-state index contributed by atoms with van der Waals surface area (Å²) in [7, 11) is 1.68. The Hall–Kier alpha value is -1.88. The van der Waals surface area contributed by atoms with Gasteiger partial charge in [-0.25, -0.2) is 0 Å². The highest BCUT2D eigenvalue weighted by Crippen LogP contribution is 2.25. The molecular formula is C19H23NO3. The summed E-state index contributed by atoms with van der Waals surface area (Å²) >= 11 is 0. The molecule has 3 rings (SSSR count). The molecule has 23 heavy (non-hydrogen) atoms. The van der Waals surface area contributed by atoms with Gasteiger partial charge in [0.05, 0.1) is 26.4 Å². The number of hydrogen-bond acceptors (Lipinski definition) is 4. The molecule has 0 bridgehead atoms. The zero-order chi connectivity index (χ0) is 16.1. The molecule has 122 valence electrons. The van der Waals surface area contributed by atoms with Gasteiger partial charge in [-0.1, -0.05) is 30.3 Å². The van der Waals surface area contributed by atoms with Crippen LogP contribution in [0.15, 0.2) is 48.5 Å². The summed E-state index contributed by atoms with van der Waals surface area (Å²) < 4.78 is 10.7. The number of hydrogen-bond donors (Lipinski definition) is 1. The SMILES string of the molecule is COc1cccc(-c2cccc(CN3CCOC[C@@H](O)C3)c2)c1. The van der Waals surface area contributed by atoms with Crippen molar-refractivity contribution < 1.29 is 14.6 Å². The van der Waals surface area contributed by atoms with Gasteiger partial charge < -0.3 is 14.6 Å². The van der Waals surface area contributed by atoms with Gasteiger partial charge in [-0.05, 0) is 34.9 Å². The third-order valence-corrected chi connectivity index (χ3v) is 4.07. The number of ether oxygens (including phenoxy) is 2. The molecule has 1 atom stereocenters. The molecule has 1 fully saturated rings. The van der Waals surface area contributed by atoms with Crippen LogP contribution in [0.3, 0.4) is 0 Å². The summed E-state index contributed by atoms with van der Waals surface area (Å²) in [6.45, 7) is 3.43. The van der Waals surface area contributed by atoms with Crippen molar-refractivity contribution in [2.75, 3.05) is 33.4 Å². The average Bonchev–Trinajstić information content (AvgIpc) is 2.79. The van der Waals surface area contributed by atoms with E-state index < -0.39 is 6.10 Å². The van der Waals surface area contributed by atoms with E-state index in [9.17, 15) is 5.11 Å². The molecular weight excluding hydrogens is 290 g/mol. The van der Waals surface area contributed by atoms with Gasteiger partial charge in [0.2, 0.25) is 0 Å². The standard InChI is InChI=1S/C19H23NO3/c1-22-19-7-3-6-17(11-19)16-5-2-4-15(10-16)12-20-8-9-23-14-18(21)13-20/h2-7,10-11,18,21H,8-9,12-14H2,1H3/t18-/m0/s1. The zero-order valence-electron chi connectivity index (χ0n) is 13.4. The first-order valence-corrected chi connectivity index (χ1v) is 7.96. The van der Waals surface area contributed by atoms with Crippen molar-refractivity contribution >= 4 is 0 Å². The largest absolute Gasteiger partial charge is 0.497 e. The van der Waals surface area contributed by atoms with Gasteiger partial charge in [-0.2, -0.15) is 0 Å².